The van der Waals surface area contributed by atoms with E-state index in [1.54, 1.807) is 0 Å². The maximum atomic E-state index is 10.9. The lowest BCUT2D eigenvalue weighted by Gasteiger charge is -2.13. The standard InChI is InChI=1S/C13H21N3O2/c1-8(2)5-6-14-12-11(9(3)4)16-10(7-15-12)13(17)18/h7-9H,5-6H2,1-4H3,(H,14,15)(H,17,18). The van der Waals surface area contributed by atoms with Gasteiger partial charge in [0.25, 0.3) is 0 Å². The number of nitrogens with one attached hydrogen (secondary N) is 1. The number of aromatic carboxylic acids is 1. The third kappa shape index (κ3) is 3.98. The van der Waals surface area contributed by atoms with Crippen LogP contribution in [0.15, 0.2) is 6.20 Å². The molecular formula is C13H21N3O2. The molecule has 0 amide bonds. The number of carboxylic acid groups (broad SMARTS) is 1. The van der Waals surface area contributed by atoms with E-state index in [9.17, 15) is 4.79 Å². The summed E-state index contributed by atoms with van der Waals surface area (Å²) >= 11 is 0. The summed E-state index contributed by atoms with van der Waals surface area (Å²) in [6.45, 7) is 9.08. The molecule has 1 heterocycles. The largest absolute Gasteiger partial charge is 0.476 e. The van der Waals surface area contributed by atoms with E-state index in [1.165, 1.54) is 6.20 Å². The van der Waals surface area contributed by atoms with Crippen LogP contribution in [0.3, 0.4) is 0 Å². The number of hydrogen-bond acceptors (Lipinski definition) is 4. The third-order valence-corrected chi connectivity index (χ3v) is 2.58. The molecule has 1 rings (SSSR count). The maximum Gasteiger partial charge on any atom is 0.356 e. The molecule has 0 aliphatic rings. The van der Waals surface area contributed by atoms with Gasteiger partial charge in [-0.2, -0.15) is 0 Å². The molecule has 18 heavy (non-hydrogen) atoms. The zero-order chi connectivity index (χ0) is 13.7. The highest BCUT2D eigenvalue weighted by molar-refractivity contribution is 5.85. The minimum Gasteiger partial charge on any atom is -0.476 e. The van der Waals surface area contributed by atoms with Crippen molar-refractivity contribution in [1.82, 2.24) is 9.97 Å². The fourth-order valence-electron chi connectivity index (χ4n) is 1.52. The molecular weight excluding hydrogens is 230 g/mol. The number of aromatic nitrogens is 2. The van der Waals surface area contributed by atoms with Gasteiger partial charge >= 0.3 is 5.97 Å². The van der Waals surface area contributed by atoms with Crippen LogP contribution in [-0.4, -0.2) is 27.6 Å². The first kappa shape index (κ1) is 14.4. The van der Waals surface area contributed by atoms with Crippen molar-refractivity contribution in [3.8, 4) is 0 Å². The Bertz CT molecular complexity index is 417. The van der Waals surface area contributed by atoms with Gasteiger partial charge in [0.05, 0.1) is 11.9 Å². The molecule has 2 N–H and O–H groups in total. The van der Waals surface area contributed by atoms with Crippen molar-refractivity contribution < 1.29 is 9.90 Å². The molecule has 0 aliphatic carbocycles. The van der Waals surface area contributed by atoms with Gasteiger partial charge in [0.2, 0.25) is 0 Å². The molecule has 5 nitrogen and oxygen atoms in total. The predicted molar refractivity (Wildman–Crippen MR) is 71.0 cm³/mol. The molecule has 100 valence electrons. The second-order valence-corrected chi connectivity index (χ2v) is 5.06. The summed E-state index contributed by atoms with van der Waals surface area (Å²) in [5.74, 6) is 0.401. The van der Waals surface area contributed by atoms with Crippen LogP contribution in [0.2, 0.25) is 0 Å². The van der Waals surface area contributed by atoms with E-state index >= 15 is 0 Å². The number of carboxylic acids is 1. The topological polar surface area (TPSA) is 75.1 Å². The Labute approximate surface area is 108 Å². The normalized spacial score (nSPS) is 11.0. The molecule has 0 saturated carbocycles. The summed E-state index contributed by atoms with van der Waals surface area (Å²) in [5.41, 5.74) is 0.701. The Balaban J connectivity index is 2.86. The van der Waals surface area contributed by atoms with E-state index in [-0.39, 0.29) is 11.6 Å². The van der Waals surface area contributed by atoms with Crippen LogP contribution >= 0.6 is 0 Å². The first-order valence-corrected chi connectivity index (χ1v) is 6.26. The monoisotopic (exact) mass is 251 g/mol. The Morgan fingerprint density at radius 1 is 1.39 bits per heavy atom. The van der Waals surface area contributed by atoms with Crippen molar-refractivity contribution >= 4 is 11.8 Å². The summed E-state index contributed by atoms with van der Waals surface area (Å²) in [7, 11) is 0. The zero-order valence-electron chi connectivity index (χ0n) is 11.4. The first-order valence-electron chi connectivity index (χ1n) is 6.26. The van der Waals surface area contributed by atoms with Gasteiger partial charge in [0, 0.05) is 6.54 Å². The van der Waals surface area contributed by atoms with Crippen molar-refractivity contribution in [2.45, 2.75) is 40.0 Å². The summed E-state index contributed by atoms with van der Waals surface area (Å²) in [4.78, 5) is 19.2. The summed E-state index contributed by atoms with van der Waals surface area (Å²) < 4.78 is 0. The van der Waals surface area contributed by atoms with Gasteiger partial charge in [-0.3, -0.25) is 0 Å². The highest BCUT2D eigenvalue weighted by Gasteiger charge is 2.14. The van der Waals surface area contributed by atoms with Crippen LogP contribution in [0.25, 0.3) is 0 Å². The van der Waals surface area contributed by atoms with E-state index in [0.29, 0.717) is 17.4 Å². The molecule has 1 aromatic heterocycles. The summed E-state index contributed by atoms with van der Waals surface area (Å²) in [6, 6.07) is 0. The lowest BCUT2D eigenvalue weighted by molar-refractivity contribution is 0.0689. The van der Waals surface area contributed by atoms with Gasteiger partial charge in [-0.15, -0.1) is 0 Å². The Morgan fingerprint density at radius 2 is 2.06 bits per heavy atom. The molecule has 0 spiro atoms. The average molecular weight is 251 g/mol. The van der Waals surface area contributed by atoms with Crippen LogP contribution in [0, 0.1) is 5.92 Å². The summed E-state index contributed by atoms with van der Waals surface area (Å²) in [6.07, 6.45) is 2.34. The molecule has 0 aromatic carbocycles. The lowest BCUT2D eigenvalue weighted by atomic mass is 10.1. The minimum absolute atomic E-state index is 0.00638. The summed E-state index contributed by atoms with van der Waals surface area (Å²) in [5, 5.41) is 12.1. The second-order valence-electron chi connectivity index (χ2n) is 5.06. The quantitative estimate of drug-likeness (QED) is 0.813. The molecule has 0 atom stereocenters. The molecule has 0 fully saturated rings. The Hall–Kier alpha value is -1.65. The van der Waals surface area contributed by atoms with Crippen LogP contribution in [0.4, 0.5) is 5.82 Å². The Kier molecular flexibility index (Phi) is 5.07. The number of carbonyl (C=O) groups is 1. The van der Waals surface area contributed by atoms with E-state index in [0.717, 1.165) is 13.0 Å². The number of rotatable bonds is 6. The van der Waals surface area contributed by atoms with E-state index in [4.69, 9.17) is 5.11 Å². The molecule has 0 unspecified atom stereocenters. The molecule has 5 heteroatoms. The van der Waals surface area contributed by atoms with Gasteiger partial charge in [-0.1, -0.05) is 27.7 Å². The fraction of sp³-hybridized carbons (Fsp3) is 0.615. The van der Waals surface area contributed by atoms with Crippen LogP contribution in [0.1, 0.15) is 56.2 Å². The number of nitrogens with zero attached hydrogens (tertiary/aromatic N) is 2. The highest BCUT2D eigenvalue weighted by atomic mass is 16.4. The molecule has 0 bridgehead atoms. The van der Waals surface area contributed by atoms with E-state index in [1.807, 2.05) is 13.8 Å². The van der Waals surface area contributed by atoms with Crippen molar-refractivity contribution in [2.75, 3.05) is 11.9 Å². The van der Waals surface area contributed by atoms with Crippen LogP contribution in [-0.2, 0) is 0 Å². The minimum atomic E-state index is -1.04. The highest BCUT2D eigenvalue weighted by Crippen LogP contribution is 2.20. The van der Waals surface area contributed by atoms with Crippen LogP contribution < -0.4 is 5.32 Å². The zero-order valence-corrected chi connectivity index (χ0v) is 11.4. The van der Waals surface area contributed by atoms with Gasteiger partial charge in [-0.05, 0) is 18.3 Å². The van der Waals surface area contributed by atoms with E-state index in [2.05, 4.69) is 29.1 Å². The maximum absolute atomic E-state index is 10.9. The van der Waals surface area contributed by atoms with Crippen molar-refractivity contribution in [2.24, 2.45) is 5.92 Å². The smallest absolute Gasteiger partial charge is 0.356 e. The van der Waals surface area contributed by atoms with Gasteiger partial charge < -0.3 is 10.4 Å². The second kappa shape index (κ2) is 6.33. The number of anilines is 1. The molecule has 0 aliphatic heterocycles. The van der Waals surface area contributed by atoms with Crippen LogP contribution in [0.5, 0.6) is 0 Å². The van der Waals surface area contributed by atoms with Gasteiger partial charge in [-0.25, -0.2) is 14.8 Å². The molecule has 0 saturated heterocycles. The SMILES string of the molecule is CC(C)CCNc1ncc(C(=O)O)nc1C(C)C. The van der Waals surface area contributed by atoms with Gasteiger partial charge in [0.1, 0.15) is 5.82 Å². The van der Waals surface area contributed by atoms with Gasteiger partial charge in [0.15, 0.2) is 5.69 Å². The lowest BCUT2D eigenvalue weighted by Crippen LogP contribution is -2.13. The fourth-order valence-corrected chi connectivity index (χ4v) is 1.52. The number of hydrogen-bond donors (Lipinski definition) is 2. The molecule has 0 radical (unpaired) electrons. The van der Waals surface area contributed by atoms with Crippen molar-refractivity contribution in [3.05, 3.63) is 17.6 Å². The van der Waals surface area contributed by atoms with E-state index < -0.39 is 5.97 Å². The van der Waals surface area contributed by atoms with Crippen molar-refractivity contribution in [1.29, 1.82) is 0 Å². The first-order chi connectivity index (χ1) is 8.41. The Morgan fingerprint density at radius 3 is 2.56 bits per heavy atom. The molecule has 1 aromatic rings. The average Bonchev–Trinajstić information content (AvgIpc) is 2.28. The van der Waals surface area contributed by atoms with Crippen molar-refractivity contribution in [3.63, 3.8) is 0 Å². The third-order valence-electron chi connectivity index (χ3n) is 2.58. The predicted octanol–water partition coefficient (Wildman–Crippen LogP) is 2.76.